The fourth-order valence-corrected chi connectivity index (χ4v) is 8.28. The summed E-state index contributed by atoms with van der Waals surface area (Å²) in [6, 6.07) is -8.97. The number of aliphatic imine (C=N–C) groups is 1. The number of carbonyl (C=O) groups excluding carboxylic acids is 9. The molecular weight excluding hydrogens is 1350 g/mol. The van der Waals surface area contributed by atoms with Gasteiger partial charge in [0.1, 0.15) is 54.9 Å². The first-order valence-electron chi connectivity index (χ1n) is 28.1. The summed E-state index contributed by atoms with van der Waals surface area (Å²) in [4.78, 5) is 147. The van der Waals surface area contributed by atoms with E-state index in [1.54, 1.807) is 0 Å². The maximum atomic E-state index is 14.6. The molecule has 96 heavy (non-hydrogen) atoms. The van der Waals surface area contributed by atoms with Crippen molar-refractivity contribution in [3.05, 3.63) is 21.7 Å². The van der Waals surface area contributed by atoms with Crippen LogP contribution in [0.5, 0.6) is 0 Å². The van der Waals surface area contributed by atoms with Crippen molar-refractivity contribution in [3.8, 4) is 0 Å². The molecule has 8 amide bonds. The van der Waals surface area contributed by atoms with E-state index in [2.05, 4.69) is 41.3 Å². The Hall–Kier alpha value is -8.50. The zero-order valence-corrected chi connectivity index (χ0v) is 50.7. The number of aliphatic hydroxyl groups excluding tert-OH is 4. The molecule has 46 heteroatoms. The average Bonchev–Trinajstić information content (AvgIpc) is 0.852. The second kappa shape index (κ2) is 36.0. The lowest BCUT2D eigenvalue weighted by molar-refractivity contribution is -0.440. The molecule has 19 N–H and O–H groups in total. The van der Waals surface area contributed by atoms with Crippen LogP contribution in [-0.2, 0) is 57.4 Å². The first-order valence-corrected chi connectivity index (χ1v) is 28.1. The Bertz CT molecular complexity index is 3000. The predicted molar refractivity (Wildman–Crippen MR) is 295 cm³/mol. The summed E-state index contributed by atoms with van der Waals surface area (Å²) >= 11 is 0. The first-order chi connectivity index (χ1) is 44.3. The summed E-state index contributed by atoms with van der Waals surface area (Å²) in [6.45, 7) is -2.39. The number of anilines is 1. The zero-order chi connectivity index (χ0) is 73.6. The average molecular weight is 1420 g/mol. The first kappa shape index (κ1) is 83.6. The molecule has 0 saturated carbocycles. The van der Waals surface area contributed by atoms with Gasteiger partial charge in [0, 0.05) is 50.2 Å². The number of alkyl halides is 13. The van der Waals surface area contributed by atoms with Crippen LogP contribution in [0.2, 0.25) is 0 Å². The molecule has 1 saturated heterocycles. The number of carboxylic acids is 1. The van der Waals surface area contributed by atoms with Crippen molar-refractivity contribution < 1.29 is 145 Å². The molecule has 2 rings (SSSR count). The van der Waals surface area contributed by atoms with Gasteiger partial charge in [-0.25, -0.2) is 14.4 Å². The lowest BCUT2D eigenvalue weighted by Gasteiger charge is -2.39. The fourth-order valence-electron chi connectivity index (χ4n) is 8.28. The number of unbranched alkanes of at least 4 members (excludes halogenated alkanes) is 1. The van der Waals surface area contributed by atoms with Gasteiger partial charge in [-0.2, -0.15) is 62.1 Å². The maximum absolute atomic E-state index is 14.6. The van der Waals surface area contributed by atoms with Gasteiger partial charge in [0.2, 0.25) is 41.4 Å². The summed E-state index contributed by atoms with van der Waals surface area (Å²) in [5.41, 5.74) is 15.2. The molecule has 2 heterocycles. The van der Waals surface area contributed by atoms with E-state index in [4.69, 9.17) is 26.7 Å². The molecule has 0 spiro atoms. The highest BCUT2D eigenvalue weighted by atomic mass is 19.4. The number of halogens is 13. The molecular formula is C50H71F13N14O19. The van der Waals surface area contributed by atoms with Crippen molar-refractivity contribution in [1.29, 1.82) is 0 Å². The number of aromatic nitrogens is 2. The second-order valence-corrected chi connectivity index (χ2v) is 21.0. The number of guanidine groups is 1. The largest absolute Gasteiger partial charge is 0.481 e. The van der Waals surface area contributed by atoms with Crippen molar-refractivity contribution in [1.82, 2.24) is 46.8 Å². The number of carboxylic acid groups (broad SMARTS) is 1. The Morgan fingerprint density at radius 2 is 1.26 bits per heavy atom. The number of aliphatic hydroxyl groups is 4. The van der Waals surface area contributed by atoms with Gasteiger partial charge >= 0.3 is 59.5 Å². The number of rotatable bonds is 39. The molecule has 546 valence electrons. The summed E-state index contributed by atoms with van der Waals surface area (Å²) in [6.07, 6.45) is -23.0. The summed E-state index contributed by atoms with van der Waals surface area (Å²) in [5, 5.41) is 65.6. The molecule has 0 radical (unpaired) electrons. The lowest BCUT2D eigenvalue weighted by atomic mass is 9.92. The van der Waals surface area contributed by atoms with Crippen LogP contribution in [0.15, 0.2) is 9.79 Å². The number of nitrogens with one attached hydrogen (secondary N) is 8. The van der Waals surface area contributed by atoms with Crippen LogP contribution < -0.4 is 65.4 Å². The number of amides is 8. The second-order valence-electron chi connectivity index (χ2n) is 21.0. The number of esters is 1. The zero-order valence-electron chi connectivity index (χ0n) is 50.7. The molecule has 1 aromatic rings. The van der Waals surface area contributed by atoms with Crippen LogP contribution in [0.4, 0.5) is 67.7 Å². The number of nitrogens with two attached hydrogens (primary N) is 3. The molecule has 9 atom stereocenters. The number of carbonyl (C=O) groups is 10. The smallest absolute Gasteiger partial charge is 0.460 e. The number of hydrogen-bond donors (Lipinski definition) is 16. The number of nitrogens with zero attached hydrogens (tertiary/aromatic N) is 3. The predicted octanol–water partition coefficient (Wildman–Crippen LogP) is -3.20. The molecule has 1 unspecified atom stereocenters. The quantitative estimate of drug-likeness (QED) is 0.0101. The minimum atomic E-state index is -8.25. The van der Waals surface area contributed by atoms with Crippen molar-refractivity contribution in [3.63, 3.8) is 0 Å². The van der Waals surface area contributed by atoms with Crippen LogP contribution >= 0.6 is 0 Å². The van der Waals surface area contributed by atoms with Crippen molar-refractivity contribution in [2.24, 2.45) is 22.2 Å². The fraction of sp³-hybridized carbons (Fsp3) is 0.700. The number of hydrogen-bond acceptors (Lipinski definition) is 21. The standard InChI is InChI=1S/C50H71F13N14O19/c1-21-22(2)77(40-34(86)33(85)28(19-79)96-40)43(92)76-35(21)75-29(80)10-7-14-67-37(88)27(72-30(81)11-12-45(51,52)46(53,54)47(55,56)48(57,58)49(59,60)50(61,62)63)20-95-44(93)69-13-5-4-9-24(41(91)94-3)73-39(90)26(18-78)74-38(89)25(16-32(83)84)71-31(82)17-70-36(87)23(64)8-6-15-68-42(65)66/h23-28,33-34,40,78-79,85-86H,4-20,64H2,1-3H3,(H,67,88)(H,69,93)(H,70,87)(H,71,82)(H,72,81)(H,73,90)(H,74,89)(H,83,84)(H4,65,66,68)(H,75,76,80,92)/t23-,24-,25-,26-,27-,28+,33?,34+,40+/m0/s1. The Morgan fingerprint density at radius 1 is 0.677 bits per heavy atom. The summed E-state index contributed by atoms with van der Waals surface area (Å²) < 4.78 is 194. The SMILES string of the molecule is COC(=O)[C@H](CCCCNC(=O)OC[C@H](NC(=O)CCC(F)(F)C(F)(F)C(F)(F)C(F)(F)C(F)(F)C(F)(F)F)C(=O)NCCCC(=O)Nc1nc(=O)n([C@@H]2O[C@H](CO)C(O)[C@H]2O)c(C)c1C)NC(=O)[C@H](CO)NC(=O)[C@H](CC(=O)O)NC(=O)CNC(=O)[C@@H](N)CCCN=C(N)N. The van der Waals surface area contributed by atoms with Crippen molar-refractivity contribution in [2.45, 2.75) is 169 Å². The van der Waals surface area contributed by atoms with Crippen molar-refractivity contribution in [2.75, 3.05) is 58.4 Å². The monoisotopic (exact) mass is 1420 g/mol. The van der Waals surface area contributed by atoms with E-state index < -0.39 is 221 Å². The third-order valence-corrected chi connectivity index (χ3v) is 13.8. The van der Waals surface area contributed by atoms with Gasteiger partial charge in [-0.15, -0.1) is 0 Å². The van der Waals surface area contributed by atoms with Gasteiger partial charge in [0.15, 0.2) is 12.2 Å². The van der Waals surface area contributed by atoms with Gasteiger partial charge in [0.05, 0.1) is 39.3 Å². The Balaban J connectivity index is 2.18. The third-order valence-electron chi connectivity index (χ3n) is 13.8. The number of ether oxygens (including phenoxy) is 3. The summed E-state index contributed by atoms with van der Waals surface area (Å²) in [5.74, 6) is -51.3. The third kappa shape index (κ3) is 22.6. The number of methoxy groups -OCH3 is 1. The van der Waals surface area contributed by atoms with Gasteiger partial charge in [-0.05, 0) is 52.4 Å². The highest BCUT2D eigenvalue weighted by Crippen LogP contribution is 2.60. The normalized spacial score (nSPS) is 17.6. The molecule has 1 fully saturated rings. The molecule has 0 bridgehead atoms. The Labute approximate surface area is 532 Å². The lowest BCUT2D eigenvalue weighted by Crippen LogP contribution is -2.70. The number of aliphatic carboxylic acids is 1. The highest BCUT2D eigenvalue weighted by Gasteiger charge is 2.90. The molecule has 0 aromatic carbocycles. The van der Waals surface area contributed by atoms with E-state index >= 15 is 0 Å². The Morgan fingerprint density at radius 3 is 1.82 bits per heavy atom. The maximum Gasteiger partial charge on any atom is 0.460 e. The van der Waals surface area contributed by atoms with Crippen LogP contribution in [0.25, 0.3) is 0 Å². The molecule has 33 nitrogen and oxygen atoms in total. The summed E-state index contributed by atoms with van der Waals surface area (Å²) in [7, 11) is 0.874. The molecule has 1 aliphatic heterocycles. The van der Waals surface area contributed by atoms with Crippen LogP contribution in [0.3, 0.4) is 0 Å². The van der Waals surface area contributed by atoms with Gasteiger partial charge < -0.3 is 99.5 Å². The van der Waals surface area contributed by atoms with Crippen LogP contribution in [-0.4, -0.2) is 238 Å². The van der Waals surface area contributed by atoms with Gasteiger partial charge in [-0.3, -0.25) is 47.9 Å². The van der Waals surface area contributed by atoms with E-state index in [0.29, 0.717) is 0 Å². The minimum absolute atomic E-state index is 0.0493. The van der Waals surface area contributed by atoms with Gasteiger partial charge in [0.25, 0.3) is 0 Å². The van der Waals surface area contributed by atoms with Crippen LogP contribution in [0, 0.1) is 13.8 Å². The van der Waals surface area contributed by atoms with E-state index in [1.165, 1.54) is 19.2 Å². The van der Waals surface area contributed by atoms with Crippen molar-refractivity contribution >= 4 is 71.2 Å². The molecule has 1 aliphatic rings. The van der Waals surface area contributed by atoms with E-state index in [0.717, 1.165) is 11.7 Å². The minimum Gasteiger partial charge on any atom is -0.481 e. The van der Waals surface area contributed by atoms with Gasteiger partial charge in [-0.1, -0.05) is 0 Å². The van der Waals surface area contributed by atoms with E-state index in [9.17, 15) is 135 Å². The molecule has 1 aromatic heterocycles. The topological polar surface area (TPSA) is 521 Å². The highest BCUT2D eigenvalue weighted by molar-refractivity contribution is 5.96. The van der Waals surface area contributed by atoms with E-state index in [-0.39, 0.29) is 68.1 Å². The van der Waals surface area contributed by atoms with E-state index in [1.807, 2.05) is 10.6 Å². The number of alkyl carbamates (subject to hydrolysis) is 1. The Kier molecular flexibility index (Phi) is 31.4. The molecule has 0 aliphatic carbocycles. The van der Waals surface area contributed by atoms with Crippen LogP contribution in [0.1, 0.15) is 81.7 Å².